The Morgan fingerprint density at radius 3 is 2.89 bits per heavy atom. The third-order valence-electron chi connectivity index (χ3n) is 5.10. The van der Waals surface area contributed by atoms with Crippen LogP contribution in [0.4, 0.5) is 0 Å². The lowest BCUT2D eigenvalue weighted by Gasteiger charge is -2.45. The summed E-state index contributed by atoms with van der Waals surface area (Å²) in [5, 5.41) is 6.28. The Kier molecular flexibility index (Phi) is 7.32. The van der Waals surface area contributed by atoms with Crippen LogP contribution in [0.3, 0.4) is 0 Å². The van der Waals surface area contributed by atoms with Crippen LogP contribution in [0.2, 0.25) is 0 Å². The van der Waals surface area contributed by atoms with E-state index in [0.717, 1.165) is 31.3 Å². The molecule has 1 aromatic rings. The van der Waals surface area contributed by atoms with E-state index in [1.54, 1.807) is 6.20 Å². The fourth-order valence-electron chi connectivity index (χ4n) is 3.79. The first kappa shape index (κ1) is 19.9. The molecule has 2 aliphatic rings. The van der Waals surface area contributed by atoms with Gasteiger partial charge in [0.15, 0.2) is 5.96 Å². The van der Waals surface area contributed by atoms with E-state index in [1.165, 1.54) is 44.5 Å². The van der Waals surface area contributed by atoms with Gasteiger partial charge in [0.05, 0.1) is 12.7 Å². The average Bonchev–Trinajstić information content (AvgIpc) is 2.71. The molecule has 1 spiro atoms. The van der Waals surface area contributed by atoms with Crippen molar-refractivity contribution in [1.29, 1.82) is 0 Å². The highest BCUT2D eigenvalue weighted by molar-refractivity contribution is 8.00. The number of hydrogen-bond acceptors (Lipinski definition) is 5. The normalized spacial score (nSPS) is 19.7. The number of thioether (sulfide) groups is 1. The van der Waals surface area contributed by atoms with E-state index in [2.05, 4.69) is 44.2 Å². The average molecular weight is 391 g/mol. The maximum Gasteiger partial charge on any atom is 0.271 e. The van der Waals surface area contributed by atoms with Crippen LogP contribution in [0.25, 0.3) is 0 Å². The quantitative estimate of drug-likeness (QED) is 0.454. The van der Waals surface area contributed by atoms with E-state index in [9.17, 15) is 4.79 Å². The maximum absolute atomic E-state index is 12.0. The molecule has 7 nitrogen and oxygen atoms in total. The number of nitrogens with one attached hydrogen (secondary N) is 2. The second-order valence-corrected chi connectivity index (χ2v) is 8.66. The molecule has 2 N–H and O–H groups in total. The van der Waals surface area contributed by atoms with E-state index in [1.807, 2.05) is 0 Å². The second kappa shape index (κ2) is 9.92. The summed E-state index contributed by atoms with van der Waals surface area (Å²) in [5.74, 6) is 1.92. The topological polar surface area (TPSA) is 82.5 Å². The minimum atomic E-state index is -0.209. The lowest BCUT2D eigenvalue weighted by molar-refractivity contribution is 0.0949. The van der Waals surface area contributed by atoms with Gasteiger partial charge in [-0.1, -0.05) is 19.3 Å². The van der Waals surface area contributed by atoms with Gasteiger partial charge in [0.25, 0.3) is 5.91 Å². The van der Waals surface area contributed by atoms with Gasteiger partial charge in [-0.3, -0.25) is 14.8 Å². The van der Waals surface area contributed by atoms with E-state index in [0.29, 0.717) is 23.5 Å². The fraction of sp³-hybridized carbons (Fsp3) is 0.684. The first-order valence-electron chi connectivity index (χ1n) is 9.94. The maximum atomic E-state index is 12.0. The number of amides is 1. The number of carbonyl (C=O) groups excluding carboxylic acids is 1. The van der Waals surface area contributed by atoms with Gasteiger partial charge in [0.1, 0.15) is 5.69 Å². The van der Waals surface area contributed by atoms with Crippen LogP contribution in [0, 0.1) is 0 Å². The Hall–Kier alpha value is -1.83. The van der Waals surface area contributed by atoms with Crippen LogP contribution in [-0.2, 0) is 0 Å². The molecule has 148 valence electrons. The van der Waals surface area contributed by atoms with Crippen LogP contribution in [-0.4, -0.2) is 70.0 Å². The van der Waals surface area contributed by atoms with Crippen LogP contribution < -0.4 is 10.6 Å². The number of aromatic nitrogens is 2. The Morgan fingerprint density at radius 2 is 2.15 bits per heavy atom. The van der Waals surface area contributed by atoms with Crippen molar-refractivity contribution in [1.82, 2.24) is 25.5 Å². The molecule has 1 saturated carbocycles. The summed E-state index contributed by atoms with van der Waals surface area (Å²) < 4.78 is 0.410. The Morgan fingerprint density at radius 1 is 1.30 bits per heavy atom. The van der Waals surface area contributed by atoms with Gasteiger partial charge in [0, 0.05) is 49.1 Å². The van der Waals surface area contributed by atoms with Gasteiger partial charge < -0.3 is 15.5 Å². The van der Waals surface area contributed by atoms with Gasteiger partial charge in [-0.15, -0.1) is 0 Å². The third kappa shape index (κ3) is 5.57. The predicted octanol–water partition coefficient (Wildman–Crippen LogP) is 1.92. The molecule has 0 unspecified atom stereocenters. The molecule has 1 aliphatic carbocycles. The Balaban J connectivity index is 1.53. The molecule has 1 amide bonds. The minimum absolute atomic E-state index is 0.209. The van der Waals surface area contributed by atoms with Gasteiger partial charge in [-0.25, -0.2) is 4.98 Å². The van der Waals surface area contributed by atoms with Crippen molar-refractivity contribution in [3.63, 3.8) is 0 Å². The zero-order valence-electron chi connectivity index (χ0n) is 16.1. The van der Waals surface area contributed by atoms with Crippen LogP contribution >= 0.6 is 11.8 Å². The van der Waals surface area contributed by atoms with E-state index < -0.39 is 0 Å². The highest BCUT2D eigenvalue weighted by Gasteiger charge is 2.38. The Bertz CT molecular complexity index is 627. The molecule has 2 fully saturated rings. The fourth-order valence-corrected chi connectivity index (χ4v) is 5.36. The molecule has 3 rings (SSSR count). The Labute approximate surface area is 165 Å². The van der Waals surface area contributed by atoms with Crippen molar-refractivity contribution < 1.29 is 4.79 Å². The zero-order chi connectivity index (χ0) is 19.0. The molecular formula is C19H30N6OS. The molecule has 0 bridgehead atoms. The summed E-state index contributed by atoms with van der Waals surface area (Å²) >= 11 is 2.16. The van der Waals surface area contributed by atoms with Crippen LogP contribution in [0.1, 0.15) is 49.5 Å². The highest BCUT2D eigenvalue weighted by atomic mass is 32.2. The van der Waals surface area contributed by atoms with Gasteiger partial charge in [0.2, 0.25) is 0 Å². The number of guanidine groups is 1. The lowest BCUT2D eigenvalue weighted by Crippen LogP contribution is -2.53. The molecule has 2 heterocycles. The molecule has 1 aromatic heterocycles. The number of aliphatic imine (C=N–C) groups is 1. The SMILES string of the molecule is CCNC(=NCCNC(=O)c1cnccn1)N1CCSC2(CCCCC2)C1. The molecular weight excluding hydrogens is 360 g/mol. The van der Waals surface area contributed by atoms with Crippen molar-refractivity contribution in [2.24, 2.45) is 4.99 Å². The summed E-state index contributed by atoms with van der Waals surface area (Å²) in [6.07, 6.45) is 11.3. The zero-order valence-corrected chi connectivity index (χ0v) is 16.9. The summed E-state index contributed by atoms with van der Waals surface area (Å²) in [6.45, 7) is 6.09. The molecule has 27 heavy (non-hydrogen) atoms. The summed E-state index contributed by atoms with van der Waals surface area (Å²) in [7, 11) is 0. The first-order valence-corrected chi connectivity index (χ1v) is 10.9. The van der Waals surface area contributed by atoms with Gasteiger partial charge in [-0.05, 0) is 19.8 Å². The van der Waals surface area contributed by atoms with Crippen molar-refractivity contribution >= 4 is 23.6 Å². The molecule has 0 atom stereocenters. The van der Waals surface area contributed by atoms with Crippen LogP contribution in [0.15, 0.2) is 23.6 Å². The van der Waals surface area contributed by atoms with Gasteiger partial charge in [-0.2, -0.15) is 11.8 Å². The van der Waals surface area contributed by atoms with Gasteiger partial charge >= 0.3 is 0 Å². The van der Waals surface area contributed by atoms with Crippen LogP contribution in [0.5, 0.6) is 0 Å². The number of carbonyl (C=O) groups is 1. The number of nitrogens with zero attached hydrogens (tertiary/aromatic N) is 4. The summed E-state index contributed by atoms with van der Waals surface area (Å²) in [4.78, 5) is 27.1. The smallest absolute Gasteiger partial charge is 0.271 e. The summed E-state index contributed by atoms with van der Waals surface area (Å²) in [6, 6.07) is 0. The second-order valence-electron chi connectivity index (χ2n) is 7.10. The minimum Gasteiger partial charge on any atom is -0.357 e. The third-order valence-corrected chi connectivity index (χ3v) is 6.64. The lowest BCUT2D eigenvalue weighted by atomic mass is 9.87. The molecule has 1 saturated heterocycles. The molecule has 0 aromatic carbocycles. The summed E-state index contributed by atoms with van der Waals surface area (Å²) in [5.41, 5.74) is 0.334. The first-order chi connectivity index (χ1) is 13.2. The molecule has 1 aliphatic heterocycles. The molecule has 8 heteroatoms. The molecule has 0 radical (unpaired) electrons. The van der Waals surface area contributed by atoms with E-state index >= 15 is 0 Å². The predicted molar refractivity (Wildman–Crippen MR) is 110 cm³/mol. The number of rotatable bonds is 5. The van der Waals surface area contributed by atoms with Crippen molar-refractivity contribution in [2.45, 2.75) is 43.8 Å². The monoisotopic (exact) mass is 390 g/mol. The van der Waals surface area contributed by atoms with Crippen molar-refractivity contribution in [3.05, 3.63) is 24.3 Å². The number of hydrogen-bond donors (Lipinski definition) is 2. The largest absolute Gasteiger partial charge is 0.357 e. The highest BCUT2D eigenvalue weighted by Crippen LogP contribution is 2.42. The standard InChI is InChI=1S/C19H30N6OS/c1-2-21-18(24-11-10-23-17(26)16-14-20-8-9-22-16)25-12-13-27-19(15-25)6-4-3-5-7-19/h8-9,14H,2-7,10-13,15H2,1H3,(H,21,24)(H,23,26). The van der Waals surface area contributed by atoms with E-state index in [-0.39, 0.29) is 5.91 Å². The van der Waals surface area contributed by atoms with E-state index in [4.69, 9.17) is 4.99 Å². The van der Waals surface area contributed by atoms with Crippen molar-refractivity contribution in [2.75, 3.05) is 38.5 Å². The van der Waals surface area contributed by atoms with Crippen molar-refractivity contribution in [3.8, 4) is 0 Å².